The molecule has 1 aliphatic rings. The van der Waals surface area contributed by atoms with Crippen LogP contribution in [0.1, 0.15) is 51.7 Å². The number of nitrogens with one attached hydrogen (secondary N) is 1. The Balaban J connectivity index is 1.90. The minimum Gasteiger partial charge on any atom is -0.339 e. The van der Waals surface area contributed by atoms with Crippen molar-refractivity contribution in [2.75, 3.05) is 19.6 Å². The first-order chi connectivity index (χ1) is 9.67. The summed E-state index contributed by atoms with van der Waals surface area (Å²) in [6.07, 6.45) is 4.50. The molecule has 0 amide bonds. The van der Waals surface area contributed by atoms with E-state index in [0.717, 1.165) is 50.7 Å². The van der Waals surface area contributed by atoms with E-state index in [1.54, 1.807) is 0 Å². The van der Waals surface area contributed by atoms with Crippen LogP contribution in [0.25, 0.3) is 0 Å². The summed E-state index contributed by atoms with van der Waals surface area (Å²) in [5.74, 6) is 2.25. The third-order valence-corrected chi connectivity index (χ3v) is 3.60. The van der Waals surface area contributed by atoms with Gasteiger partial charge >= 0.3 is 0 Å². The molecule has 0 aromatic carbocycles. The van der Waals surface area contributed by atoms with Gasteiger partial charge in [-0.25, -0.2) is 0 Å². The highest BCUT2D eigenvalue weighted by Gasteiger charge is 2.20. The fourth-order valence-corrected chi connectivity index (χ4v) is 2.81. The molecule has 0 radical (unpaired) electrons. The van der Waals surface area contributed by atoms with E-state index in [1.165, 1.54) is 12.8 Å². The summed E-state index contributed by atoms with van der Waals surface area (Å²) in [5, 5.41) is 7.67. The quantitative estimate of drug-likeness (QED) is 0.791. The second-order valence-corrected chi connectivity index (χ2v) is 6.24. The molecule has 1 saturated heterocycles. The summed E-state index contributed by atoms with van der Waals surface area (Å²) in [4.78, 5) is 6.93. The van der Waals surface area contributed by atoms with E-state index in [2.05, 4.69) is 41.1 Å². The standard InChI is InChI=1S/C15H28N4O/c1-4-6-15-17-14(18-20-15)11-19(9-12(2)3)10-13-7-5-8-16-13/h12-13,16H,4-11H2,1-3H3. The van der Waals surface area contributed by atoms with Crippen molar-refractivity contribution in [3.8, 4) is 0 Å². The molecule has 1 aromatic rings. The van der Waals surface area contributed by atoms with E-state index in [-0.39, 0.29) is 0 Å². The number of hydrogen-bond acceptors (Lipinski definition) is 5. The third kappa shape index (κ3) is 4.87. The molecule has 0 bridgehead atoms. The van der Waals surface area contributed by atoms with Crippen LogP contribution in [0, 0.1) is 5.92 Å². The topological polar surface area (TPSA) is 54.2 Å². The molecule has 5 heteroatoms. The smallest absolute Gasteiger partial charge is 0.226 e. The van der Waals surface area contributed by atoms with Crippen molar-refractivity contribution in [2.45, 2.75) is 59.0 Å². The zero-order valence-electron chi connectivity index (χ0n) is 13.1. The Morgan fingerprint density at radius 1 is 1.45 bits per heavy atom. The van der Waals surface area contributed by atoms with Crippen LogP contribution in [-0.4, -0.2) is 40.7 Å². The molecule has 0 spiro atoms. The molecular weight excluding hydrogens is 252 g/mol. The average Bonchev–Trinajstić information content (AvgIpc) is 3.01. The van der Waals surface area contributed by atoms with E-state index in [9.17, 15) is 0 Å². The Morgan fingerprint density at radius 3 is 2.95 bits per heavy atom. The minimum absolute atomic E-state index is 0.621. The van der Waals surface area contributed by atoms with E-state index in [0.29, 0.717) is 12.0 Å². The predicted octanol–water partition coefficient (Wildman–Crippen LogP) is 2.23. The molecule has 2 rings (SSSR count). The molecule has 1 atom stereocenters. The van der Waals surface area contributed by atoms with Crippen LogP contribution in [0.3, 0.4) is 0 Å². The second-order valence-electron chi connectivity index (χ2n) is 6.24. The Labute approximate surface area is 122 Å². The van der Waals surface area contributed by atoms with Gasteiger partial charge in [0, 0.05) is 25.6 Å². The molecule has 5 nitrogen and oxygen atoms in total. The first-order valence-corrected chi connectivity index (χ1v) is 7.94. The SMILES string of the molecule is CCCc1nc(CN(CC(C)C)CC2CCCN2)no1. The Kier molecular flexibility index (Phi) is 5.98. The van der Waals surface area contributed by atoms with Crippen LogP contribution in [0.15, 0.2) is 4.52 Å². The second kappa shape index (κ2) is 7.74. The van der Waals surface area contributed by atoms with Gasteiger partial charge in [-0.1, -0.05) is 25.9 Å². The van der Waals surface area contributed by atoms with Crippen molar-refractivity contribution in [1.82, 2.24) is 20.4 Å². The lowest BCUT2D eigenvalue weighted by Crippen LogP contribution is -2.39. The summed E-state index contributed by atoms with van der Waals surface area (Å²) in [6, 6.07) is 0.621. The number of rotatable bonds is 8. The molecule has 1 aliphatic heterocycles. The Hall–Kier alpha value is -0.940. The van der Waals surface area contributed by atoms with Crippen LogP contribution in [-0.2, 0) is 13.0 Å². The molecule has 1 unspecified atom stereocenters. The van der Waals surface area contributed by atoms with Gasteiger partial charge in [0.2, 0.25) is 5.89 Å². The van der Waals surface area contributed by atoms with E-state index >= 15 is 0 Å². The maximum atomic E-state index is 5.28. The van der Waals surface area contributed by atoms with E-state index in [1.807, 2.05) is 0 Å². The highest BCUT2D eigenvalue weighted by Crippen LogP contribution is 2.11. The molecular formula is C15H28N4O. The van der Waals surface area contributed by atoms with Crippen molar-refractivity contribution in [3.63, 3.8) is 0 Å². The summed E-state index contributed by atoms with van der Waals surface area (Å²) in [5.41, 5.74) is 0. The normalized spacial score (nSPS) is 19.4. The molecule has 1 aromatic heterocycles. The molecule has 0 saturated carbocycles. The van der Waals surface area contributed by atoms with Crippen molar-refractivity contribution >= 4 is 0 Å². The largest absolute Gasteiger partial charge is 0.339 e. The first-order valence-electron chi connectivity index (χ1n) is 7.94. The summed E-state index contributed by atoms with van der Waals surface area (Å²) >= 11 is 0. The molecule has 2 heterocycles. The highest BCUT2D eigenvalue weighted by molar-refractivity contribution is 4.88. The van der Waals surface area contributed by atoms with Crippen molar-refractivity contribution < 1.29 is 4.52 Å². The van der Waals surface area contributed by atoms with Crippen molar-refractivity contribution in [1.29, 1.82) is 0 Å². The summed E-state index contributed by atoms with van der Waals surface area (Å²) in [6.45, 7) is 10.8. The zero-order chi connectivity index (χ0) is 14.4. The maximum Gasteiger partial charge on any atom is 0.226 e. The number of hydrogen-bond donors (Lipinski definition) is 1. The lowest BCUT2D eigenvalue weighted by molar-refractivity contribution is 0.208. The lowest BCUT2D eigenvalue weighted by Gasteiger charge is -2.25. The van der Waals surface area contributed by atoms with Gasteiger partial charge in [-0.15, -0.1) is 0 Å². The van der Waals surface area contributed by atoms with Gasteiger partial charge in [-0.2, -0.15) is 4.98 Å². The van der Waals surface area contributed by atoms with Gasteiger partial charge in [0.05, 0.1) is 6.54 Å². The van der Waals surface area contributed by atoms with Gasteiger partial charge in [0.25, 0.3) is 0 Å². The average molecular weight is 280 g/mol. The van der Waals surface area contributed by atoms with Gasteiger partial charge in [-0.3, -0.25) is 4.90 Å². The zero-order valence-corrected chi connectivity index (χ0v) is 13.1. The minimum atomic E-state index is 0.621. The third-order valence-electron chi connectivity index (χ3n) is 3.60. The van der Waals surface area contributed by atoms with Crippen LogP contribution in [0.4, 0.5) is 0 Å². The summed E-state index contributed by atoms with van der Waals surface area (Å²) < 4.78 is 5.28. The van der Waals surface area contributed by atoms with Gasteiger partial charge in [-0.05, 0) is 31.7 Å². The van der Waals surface area contributed by atoms with Crippen LogP contribution in [0.5, 0.6) is 0 Å². The number of aryl methyl sites for hydroxylation is 1. The van der Waals surface area contributed by atoms with Crippen LogP contribution < -0.4 is 5.32 Å². The van der Waals surface area contributed by atoms with Crippen LogP contribution in [0.2, 0.25) is 0 Å². The van der Waals surface area contributed by atoms with Gasteiger partial charge < -0.3 is 9.84 Å². The lowest BCUT2D eigenvalue weighted by atomic mass is 10.1. The van der Waals surface area contributed by atoms with Crippen LogP contribution >= 0.6 is 0 Å². The number of nitrogens with zero attached hydrogens (tertiary/aromatic N) is 3. The molecule has 0 aliphatic carbocycles. The fourth-order valence-electron chi connectivity index (χ4n) is 2.81. The fraction of sp³-hybridized carbons (Fsp3) is 0.867. The Morgan fingerprint density at radius 2 is 2.30 bits per heavy atom. The first kappa shape index (κ1) is 15.4. The van der Waals surface area contributed by atoms with Crippen molar-refractivity contribution in [2.24, 2.45) is 5.92 Å². The van der Waals surface area contributed by atoms with Gasteiger partial charge in [0.1, 0.15) is 0 Å². The molecule has 1 fully saturated rings. The molecule has 20 heavy (non-hydrogen) atoms. The monoisotopic (exact) mass is 280 g/mol. The summed E-state index contributed by atoms with van der Waals surface area (Å²) in [7, 11) is 0. The van der Waals surface area contributed by atoms with Gasteiger partial charge in [0.15, 0.2) is 5.82 Å². The number of aromatic nitrogens is 2. The highest BCUT2D eigenvalue weighted by atomic mass is 16.5. The molecule has 1 N–H and O–H groups in total. The van der Waals surface area contributed by atoms with E-state index in [4.69, 9.17) is 4.52 Å². The van der Waals surface area contributed by atoms with E-state index < -0.39 is 0 Å². The Bertz CT molecular complexity index is 385. The maximum absolute atomic E-state index is 5.28. The van der Waals surface area contributed by atoms with Crippen molar-refractivity contribution in [3.05, 3.63) is 11.7 Å². The predicted molar refractivity (Wildman–Crippen MR) is 79.4 cm³/mol. The molecule has 114 valence electrons.